The zero-order valence-corrected chi connectivity index (χ0v) is 14.8. The maximum Gasteiger partial charge on any atom is 0.261 e. The minimum Gasteiger partial charge on any atom is -0.350 e. The Morgan fingerprint density at radius 2 is 1.93 bits per heavy atom. The topological polar surface area (TPSA) is 91.4 Å². The van der Waals surface area contributed by atoms with Gasteiger partial charge < -0.3 is 10.6 Å². The van der Waals surface area contributed by atoms with E-state index in [9.17, 15) is 14.4 Å². The van der Waals surface area contributed by atoms with Gasteiger partial charge in [0.25, 0.3) is 17.7 Å². The molecule has 7 heteroatoms. The Morgan fingerprint density at radius 1 is 1.15 bits per heavy atom. The molecule has 3 heterocycles. The molecule has 4 rings (SSSR count). The number of imide groups is 1. The Balaban J connectivity index is 1.49. The fourth-order valence-corrected chi connectivity index (χ4v) is 3.50. The summed E-state index contributed by atoms with van der Waals surface area (Å²) in [5.74, 6) is -0.952. The molecule has 0 spiro atoms. The van der Waals surface area contributed by atoms with Gasteiger partial charge in [0.1, 0.15) is 0 Å². The molecule has 2 aliphatic rings. The van der Waals surface area contributed by atoms with Crippen molar-refractivity contribution < 1.29 is 14.4 Å². The fourth-order valence-electron chi connectivity index (χ4n) is 3.50. The number of benzene rings is 1. The molecule has 1 saturated heterocycles. The van der Waals surface area contributed by atoms with Crippen LogP contribution in [0.2, 0.25) is 0 Å². The average Bonchev–Trinajstić information content (AvgIpc) is 3.30. The van der Waals surface area contributed by atoms with Crippen LogP contribution in [0.1, 0.15) is 49.5 Å². The Kier molecular flexibility index (Phi) is 4.68. The van der Waals surface area contributed by atoms with Gasteiger partial charge in [0.15, 0.2) is 0 Å². The lowest BCUT2D eigenvalue weighted by atomic mass is 10.1. The van der Waals surface area contributed by atoms with Crippen LogP contribution in [0, 0.1) is 0 Å². The van der Waals surface area contributed by atoms with E-state index in [0.717, 1.165) is 24.9 Å². The van der Waals surface area contributed by atoms with Crippen LogP contribution >= 0.6 is 0 Å². The molecular formula is C20H20N4O3. The second-order valence-electron chi connectivity index (χ2n) is 6.82. The normalized spacial score (nSPS) is 18.7. The van der Waals surface area contributed by atoms with E-state index < -0.39 is 0 Å². The first-order valence-electron chi connectivity index (χ1n) is 9.04. The predicted molar refractivity (Wildman–Crippen MR) is 98.2 cm³/mol. The van der Waals surface area contributed by atoms with Crippen molar-refractivity contribution in [1.82, 2.24) is 20.5 Å². The summed E-state index contributed by atoms with van der Waals surface area (Å²) in [7, 11) is 0. The molecule has 1 fully saturated rings. The van der Waals surface area contributed by atoms with Gasteiger partial charge in [-0.2, -0.15) is 0 Å². The van der Waals surface area contributed by atoms with Crippen LogP contribution in [0.3, 0.4) is 0 Å². The molecule has 1 atom stereocenters. The number of hydrogen-bond acceptors (Lipinski definition) is 5. The molecule has 1 unspecified atom stereocenters. The Labute approximate surface area is 156 Å². The molecule has 0 radical (unpaired) electrons. The Morgan fingerprint density at radius 3 is 2.67 bits per heavy atom. The number of carbonyl (C=O) groups is 3. The van der Waals surface area contributed by atoms with Crippen molar-refractivity contribution in [3.63, 3.8) is 0 Å². The molecule has 2 aromatic rings. The van der Waals surface area contributed by atoms with Gasteiger partial charge >= 0.3 is 0 Å². The van der Waals surface area contributed by atoms with Crippen molar-refractivity contribution in [3.05, 3.63) is 65.0 Å². The second kappa shape index (κ2) is 7.28. The highest BCUT2D eigenvalue weighted by atomic mass is 16.2. The highest BCUT2D eigenvalue weighted by Gasteiger charge is 2.36. The van der Waals surface area contributed by atoms with Gasteiger partial charge in [-0.3, -0.25) is 24.3 Å². The smallest absolute Gasteiger partial charge is 0.261 e. The fraction of sp³-hybridized carbons (Fsp3) is 0.300. The van der Waals surface area contributed by atoms with Crippen molar-refractivity contribution >= 4 is 17.7 Å². The lowest BCUT2D eigenvalue weighted by molar-refractivity contribution is 0.0642. The first-order chi connectivity index (χ1) is 13.1. The maximum absolute atomic E-state index is 12.7. The highest BCUT2D eigenvalue weighted by molar-refractivity contribution is 6.22. The predicted octanol–water partition coefficient (Wildman–Crippen LogP) is 1.36. The van der Waals surface area contributed by atoms with Crippen LogP contribution in [0.4, 0.5) is 0 Å². The van der Waals surface area contributed by atoms with Crippen molar-refractivity contribution in [2.24, 2.45) is 0 Å². The van der Waals surface area contributed by atoms with E-state index in [1.54, 1.807) is 36.7 Å². The standard InChI is InChI=1S/C20H20N4O3/c25-18(23-11-15-2-1-7-22-15)14-3-4-16-17(10-14)20(27)24(19(16)26)12-13-5-8-21-9-6-13/h3-6,8-10,15,22H,1-2,7,11-12H2,(H,23,25). The number of nitrogens with zero attached hydrogens (tertiary/aromatic N) is 2. The highest BCUT2D eigenvalue weighted by Crippen LogP contribution is 2.25. The molecule has 2 aliphatic heterocycles. The molecule has 138 valence electrons. The zero-order chi connectivity index (χ0) is 18.8. The molecule has 27 heavy (non-hydrogen) atoms. The van der Waals surface area contributed by atoms with Gasteiger partial charge in [-0.25, -0.2) is 0 Å². The van der Waals surface area contributed by atoms with Crippen LogP contribution in [0.5, 0.6) is 0 Å². The molecule has 3 amide bonds. The molecule has 1 aromatic heterocycles. The summed E-state index contributed by atoms with van der Waals surface area (Å²) in [5, 5.41) is 6.21. The molecule has 0 saturated carbocycles. The van der Waals surface area contributed by atoms with Crippen molar-refractivity contribution in [2.45, 2.75) is 25.4 Å². The number of rotatable bonds is 5. The number of carbonyl (C=O) groups excluding carboxylic acids is 3. The number of aromatic nitrogens is 1. The monoisotopic (exact) mass is 364 g/mol. The van der Waals surface area contributed by atoms with Gasteiger partial charge in [-0.1, -0.05) is 0 Å². The lowest BCUT2D eigenvalue weighted by Gasteiger charge is -2.13. The summed E-state index contributed by atoms with van der Waals surface area (Å²) >= 11 is 0. The third-order valence-corrected chi connectivity index (χ3v) is 4.99. The number of nitrogens with one attached hydrogen (secondary N) is 2. The summed E-state index contributed by atoms with van der Waals surface area (Å²) in [6.07, 6.45) is 5.40. The van der Waals surface area contributed by atoms with Gasteiger partial charge in [-0.15, -0.1) is 0 Å². The Bertz CT molecular complexity index is 891. The molecule has 0 bridgehead atoms. The average molecular weight is 364 g/mol. The minimum atomic E-state index is -0.376. The van der Waals surface area contributed by atoms with E-state index in [1.807, 2.05) is 0 Å². The van der Waals surface area contributed by atoms with Gasteiger partial charge in [0, 0.05) is 30.5 Å². The third kappa shape index (κ3) is 3.46. The maximum atomic E-state index is 12.7. The molecule has 0 aliphatic carbocycles. The summed E-state index contributed by atoms with van der Waals surface area (Å²) in [5.41, 5.74) is 1.82. The minimum absolute atomic E-state index is 0.184. The van der Waals surface area contributed by atoms with E-state index in [0.29, 0.717) is 23.7 Å². The summed E-state index contributed by atoms with van der Waals surface area (Å²) in [6, 6.07) is 8.49. The Hall–Kier alpha value is -3.06. The van der Waals surface area contributed by atoms with Crippen molar-refractivity contribution in [1.29, 1.82) is 0 Å². The largest absolute Gasteiger partial charge is 0.350 e. The number of fused-ring (bicyclic) bond motifs is 1. The number of hydrogen-bond donors (Lipinski definition) is 2. The van der Waals surface area contributed by atoms with E-state index in [2.05, 4.69) is 15.6 Å². The van der Waals surface area contributed by atoms with Crippen LogP contribution in [0.15, 0.2) is 42.7 Å². The number of amides is 3. The van der Waals surface area contributed by atoms with Crippen LogP contribution in [-0.2, 0) is 6.54 Å². The second-order valence-corrected chi connectivity index (χ2v) is 6.82. The quantitative estimate of drug-likeness (QED) is 0.782. The lowest BCUT2D eigenvalue weighted by Crippen LogP contribution is -2.37. The van der Waals surface area contributed by atoms with Gasteiger partial charge in [-0.05, 0) is 55.3 Å². The SMILES string of the molecule is O=C(NCC1CCCN1)c1ccc2c(c1)C(=O)N(Cc1ccncc1)C2=O. The van der Waals surface area contributed by atoms with Crippen LogP contribution < -0.4 is 10.6 Å². The third-order valence-electron chi connectivity index (χ3n) is 4.99. The summed E-state index contributed by atoms with van der Waals surface area (Å²) < 4.78 is 0. The van der Waals surface area contributed by atoms with Gasteiger partial charge in [0.05, 0.1) is 17.7 Å². The van der Waals surface area contributed by atoms with Crippen molar-refractivity contribution in [3.8, 4) is 0 Å². The van der Waals surface area contributed by atoms with Crippen molar-refractivity contribution in [2.75, 3.05) is 13.1 Å². The molecular weight excluding hydrogens is 344 g/mol. The molecule has 1 aromatic carbocycles. The molecule has 7 nitrogen and oxygen atoms in total. The zero-order valence-electron chi connectivity index (χ0n) is 14.8. The summed E-state index contributed by atoms with van der Waals surface area (Å²) in [4.78, 5) is 42.8. The first-order valence-corrected chi connectivity index (χ1v) is 9.04. The van der Waals surface area contributed by atoms with Crippen LogP contribution in [0.25, 0.3) is 0 Å². The van der Waals surface area contributed by atoms with E-state index in [4.69, 9.17) is 0 Å². The van der Waals surface area contributed by atoms with E-state index >= 15 is 0 Å². The summed E-state index contributed by atoms with van der Waals surface area (Å²) in [6.45, 7) is 1.71. The first kappa shape index (κ1) is 17.4. The number of pyridine rings is 1. The van der Waals surface area contributed by atoms with Crippen LogP contribution in [-0.4, -0.2) is 46.7 Å². The van der Waals surface area contributed by atoms with E-state index in [-0.39, 0.29) is 29.8 Å². The van der Waals surface area contributed by atoms with E-state index in [1.165, 1.54) is 11.0 Å². The molecule has 2 N–H and O–H groups in total. The van der Waals surface area contributed by atoms with Gasteiger partial charge in [0.2, 0.25) is 0 Å².